The Morgan fingerprint density at radius 1 is 0.783 bits per heavy atom. The van der Waals surface area contributed by atoms with Gasteiger partial charge in [0, 0.05) is 18.1 Å². The van der Waals surface area contributed by atoms with Gasteiger partial charge in [-0.15, -0.1) is 12.4 Å². The second-order valence-electron chi connectivity index (χ2n) is 6.58. The van der Waals surface area contributed by atoms with Gasteiger partial charge in [0.05, 0.1) is 11.0 Å². The number of halogens is 1. The molecule has 0 aliphatic heterocycles. The lowest BCUT2D eigenvalue weighted by Gasteiger charge is -2.27. The summed E-state index contributed by atoms with van der Waals surface area (Å²) in [5, 5.41) is 7.12. The predicted octanol–water partition coefficient (Wildman–Crippen LogP) is 3.31. The number of nitrogens with two attached hydrogens (primary N) is 1. The molecule has 5 nitrogen and oxygen atoms in total. The van der Waals surface area contributed by atoms with Crippen LogP contribution in [0, 0.1) is 0 Å². The summed E-state index contributed by atoms with van der Waals surface area (Å²) in [7, 11) is 0. The zero-order chi connectivity index (χ0) is 14.9. The van der Waals surface area contributed by atoms with E-state index < -0.39 is 0 Å². The minimum Gasteiger partial charge on any atom is -0.364 e. The van der Waals surface area contributed by atoms with Gasteiger partial charge < -0.3 is 16.4 Å². The SMILES string of the molecule is Cl.NC1CCC(Nc2nc3ccccc3nc2NC2CC2)CC1. The van der Waals surface area contributed by atoms with Gasteiger partial charge in [0.1, 0.15) is 0 Å². The minimum atomic E-state index is 0. The van der Waals surface area contributed by atoms with Gasteiger partial charge in [0.2, 0.25) is 0 Å². The number of anilines is 2. The van der Waals surface area contributed by atoms with Gasteiger partial charge in [-0.3, -0.25) is 0 Å². The first kappa shape index (κ1) is 16.3. The van der Waals surface area contributed by atoms with E-state index in [1.54, 1.807) is 0 Å². The maximum Gasteiger partial charge on any atom is 0.170 e. The van der Waals surface area contributed by atoms with Crippen molar-refractivity contribution in [3.8, 4) is 0 Å². The van der Waals surface area contributed by atoms with Gasteiger partial charge in [0.25, 0.3) is 0 Å². The third-order valence-electron chi connectivity index (χ3n) is 4.60. The monoisotopic (exact) mass is 333 g/mol. The van der Waals surface area contributed by atoms with Crippen molar-refractivity contribution >= 4 is 35.1 Å². The molecule has 1 heterocycles. The van der Waals surface area contributed by atoms with Gasteiger partial charge in [-0.2, -0.15) is 0 Å². The Balaban J connectivity index is 0.00000156. The molecule has 0 atom stereocenters. The van der Waals surface area contributed by atoms with Gasteiger partial charge in [-0.05, 0) is 50.7 Å². The van der Waals surface area contributed by atoms with Crippen LogP contribution in [-0.4, -0.2) is 28.1 Å². The number of fused-ring (bicyclic) bond motifs is 1. The van der Waals surface area contributed by atoms with Crippen LogP contribution in [-0.2, 0) is 0 Å². The molecule has 124 valence electrons. The Morgan fingerprint density at radius 2 is 1.22 bits per heavy atom. The number of aromatic nitrogens is 2. The molecule has 0 bridgehead atoms. The fourth-order valence-electron chi connectivity index (χ4n) is 3.08. The largest absolute Gasteiger partial charge is 0.364 e. The molecule has 0 unspecified atom stereocenters. The standard InChI is InChI=1S/C17H23N5.ClH/c18-11-5-7-12(8-6-11)19-16-17(20-13-9-10-13)22-15-4-2-1-3-14(15)21-16;/h1-4,11-13H,5-10,18H2,(H,19,21)(H,20,22);1H. The predicted molar refractivity (Wildman–Crippen MR) is 97.3 cm³/mol. The highest BCUT2D eigenvalue weighted by atomic mass is 35.5. The normalized spacial score (nSPS) is 24.0. The van der Waals surface area contributed by atoms with E-state index in [9.17, 15) is 0 Å². The molecule has 4 rings (SSSR count). The Morgan fingerprint density at radius 3 is 1.65 bits per heavy atom. The van der Waals surface area contributed by atoms with E-state index in [1.165, 1.54) is 12.8 Å². The lowest BCUT2D eigenvalue weighted by molar-refractivity contribution is 0.410. The average Bonchev–Trinajstić information content (AvgIpc) is 3.34. The van der Waals surface area contributed by atoms with E-state index in [0.717, 1.165) is 48.4 Å². The van der Waals surface area contributed by atoms with E-state index >= 15 is 0 Å². The van der Waals surface area contributed by atoms with Crippen molar-refractivity contribution in [3.63, 3.8) is 0 Å². The van der Waals surface area contributed by atoms with Gasteiger partial charge >= 0.3 is 0 Å². The molecule has 2 fully saturated rings. The van der Waals surface area contributed by atoms with Crippen molar-refractivity contribution < 1.29 is 0 Å². The van der Waals surface area contributed by atoms with Crippen LogP contribution in [0.25, 0.3) is 11.0 Å². The number of nitrogens with zero attached hydrogens (tertiary/aromatic N) is 2. The zero-order valence-corrected chi connectivity index (χ0v) is 14.0. The van der Waals surface area contributed by atoms with Crippen molar-refractivity contribution in [2.75, 3.05) is 10.6 Å². The number of benzene rings is 1. The molecule has 23 heavy (non-hydrogen) atoms. The highest BCUT2D eigenvalue weighted by Crippen LogP contribution is 2.30. The number of rotatable bonds is 4. The van der Waals surface area contributed by atoms with Gasteiger partial charge in [-0.1, -0.05) is 12.1 Å². The summed E-state index contributed by atoms with van der Waals surface area (Å²) in [6.45, 7) is 0. The van der Waals surface area contributed by atoms with Crippen LogP contribution in [0.5, 0.6) is 0 Å². The number of hydrogen-bond donors (Lipinski definition) is 3. The maximum atomic E-state index is 6.00. The molecule has 0 spiro atoms. The summed E-state index contributed by atoms with van der Waals surface area (Å²) in [4.78, 5) is 9.58. The summed E-state index contributed by atoms with van der Waals surface area (Å²) < 4.78 is 0. The van der Waals surface area contributed by atoms with Crippen LogP contribution in [0.4, 0.5) is 11.6 Å². The third-order valence-corrected chi connectivity index (χ3v) is 4.60. The average molecular weight is 334 g/mol. The molecule has 0 amide bonds. The quantitative estimate of drug-likeness (QED) is 0.800. The van der Waals surface area contributed by atoms with E-state index in [0.29, 0.717) is 18.1 Å². The van der Waals surface area contributed by atoms with Crippen LogP contribution in [0.1, 0.15) is 38.5 Å². The van der Waals surface area contributed by atoms with Crippen LogP contribution >= 0.6 is 12.4 Å². The third kappa shape index (κ3) is 3.85. The lowest BCUT2D eigenvalue weighted by Crippen LogP contribution is -2.33. The summed E-state index contributed by atoms with van der Waals surface area (Å²) >= 11 is 0. The van der Waals surface area contributed by atoms with E-state index in [-0.39, 0.29) is 12.4 Å². The van der Waals surface area contributed by atoms with Gasteiger partial charge in [0.15, 0.2) is 11.6 Å². The topological polar surface area (TPSA) is 75.9 Å². The molecule has 4 N–H and O–H groups in total. The number of nitrogens with one attached hydrogen (secondary N) is 2. The van der Waals surface area contributed by atoms with Gasteiger partial charge in [-0.25, -0.2) is 9.97 Å². The van der Waals surface area contributed by atoms with Crippen LogP contribution in [0.3, 0.4) is 0 Å². The molecule has 2 aliphatic rings. The van der Waals surface area contributed by atoms with Crippen LogP contribution < -0.4 is 16.4 Å². The Labute approximate surface area is 142 Å². The Kier molecular flexibility index (Phi) is 4.87. The molecule has 1 aromatic carbocycles. The minimum absolute atomic E-state index is 0. The fraction of sp³-hybridized carbons (Fsp3) is 0.529. The maximum absolute atomic E-state index is 6.00. The molecule has 2 aromatic rings. The fourth-order valence-corrected chi connectivity index (χ4v) is 3.08. The summed E-state index contributed by atoms with van der Waals surface area (Å²) in [5.41, 5.74) is 7.89. The highest BCUT2D eigenvalue weighted by molar-refractivity contribution is 5.85. The Bertz CT molecular complexity index is 665. The van der Waals surface area contributed by atoms with Crippen molar-refractivity contribution in [1.29, 1.82) is 0 Å². The summed E-state index contributed by atoms with van der Waals surface area (Å²) in [6.07, 6.45) is 6.85. The molecule has 0 saturated heterocycles. The molecular formula is C17H24ClN5. The van der Waals surface area contributed by atoms with Crippen molar-refractivity contribution in [3.05, 3.63) is 24.3 Å². The first-order chi connectivity index (χ1) is 10.8. The molecule has 2 aliphatic carbocycles. The van der Waals surface area contributed by atoms with E-state index in [4.69, 9.17) is 15.7 Å². The molecule has 2 saturated carbocycles. The smallest absolute Gasteiger partial charge is 0.170 e. The molecular weight excluding hydrogens is 310 g/mol. The summed E-state index contributed by atoms with van der Waals surface area (Å²) in [6, 6.07) is 9.44. The highest BCUT2D eigenvalue weighted by Gasteiger charge is 2.25. The molecule has 1 aromatic heterocycles. The van der Waals surface area contributed by atoms with E-state index in [1.807, 2.05) is 24.3 Å². The molecule has 6 heteroatoms. The second kappa shape index (κ2) is 6.89. The van der Waals surface area contributed by atoms with E-state index in [2.05, 4.69) is 10.6 Å². The van der Waals surface area contributed by atoms with Crippen molar-refractivity contribution in [2.45, 2.75) is 56.7 Å². The number of hydrogen-bond acceptors (Lipinski definition) is 5. The Hall–Kier alpha value is -1.59. The first-order valence-corrected chi connectivity index (χ1v) is 8.33. The van der Waals surface area contributed by atoms with Crippen molar-refractivity contribution in [1.82, 2.24) is 9.97 Å². The first-order valence-electron chi connectivity index (χ1n) is 8.33. The second-order valence-corrected chi connectivity index (χ2v) is 6.58. The van der Waals surface area contributed by atoms with Crippen LogP contribution in [0.15, 0.2) is 24.3 Å². The van der Waals surface area contributed by atoms with Crippen molar-refractivity contribution in [2.24, 2.45) is 5.73 Å². The number of para-hydroxylation sites is 2. The summed E-state index contributed by atoms with van der Waals surface area (Å²) in [5.74, 6) is 1.79. The lowest BCUT2D eigenvalue weighted by atomic mass is 9.92. The molecule has 0 radical (unpaired) electrons. The zero-order valence-electron chi connectivity index (χ0n) is 13.2. The van der Waals surface area contributed by atoms with Crippen LogP contribution in [0.2, 0.25) is 0 Å².